The number of rotatable bonds is 0. The van der Waals surface area contributed by atoms with Gasteiger partial charge in [-0.3, -0.25) is 0 Å². The normalized spacial score (nSPS) is 19.5. The van der Waals surface area contributed by atoms with Gasteiger partial charge in [0, 0.05) is 0 Å². The SMILES string of the molecule is OC1CCC=c2c1ccc1c2=CCc2ccccc2-1. The van der Waals surface area contributed by atoms with Crippen molar-refractivity contribution in [1.82, 2.24) is 0 Å². The van der Waals surface area contributed by atoms with E-state index in [1.54, 1.807) is 0 Å². The maximum absolute atomic E-state index is 10.1. The molecule has 1 N–H and O–H groups in total. The summed E-state index contributed by atoms with van der Waals surface area (Å²) in [5.41, 5.74) is 5.15. The van der Waals surface area contributed by atoms with Crippen LogP contribution in [0, 0.1) is 0 Å². The Balaban J connectivity index is 2.07. The first-order valence-electron chi connectivity index (χ1n) is 6.94. The van der Waals surface area contributed by atoms with Crippen LogP contribution in [0.25, 0.3) is 23.3 Å². The van der Waals surface area contributed by atoms with E-state index in [-0.39, 0.29) is 6.10 Å². The smallest absolute Gasteiger partial charge is 0.0798 e. The van der Waals surface area contributed by atoms with E-state index >= 15 is 0 Å². The highest BCUT2D eigenvalue weighted by molar-refractivity contribution is 5.74. The number of aliphatic hydroxyl groups excluding tert-OH is 1. The van der Waals surface area contributed by atoms with Crippen LogP contribution in [0.4, 0.5) is 0 Å². The van der Waals surface area contributed by atoms with Gasteiger partial charge in [-0.15, -0.1) is 0 Å². The van der Waals surface area contributed by atoms with Gasteiger partial charge in [-0.1, -0.05) is 48.6 Å². The van der Waals surface area contributed by atoms with Crippen LogP contribution >= 0.6 is 0 Å². The Kier molecular flexibility index (Phi) is 2.36. The minimum absolute atomic E-state index is 0.295. The van der Waals surface area contributed by atoms with Crippen LogP contribution in [-0.2, 0) is 6.42 Å². The fourth-order valence-corrected chi connectivity index (χ4v) is 3.34. The predicted molar refractivity (Wildman–Crippen MR) is 78.0 cm³/mol. The molecule has 0 heterocycles. The van der Waals surface area contributed by atoms with E-state index in [0.717, 1.165) is 24.8 Å². The third-order valence-corrected chi connectivity index (χ3v) is 4.30. The molecule has 0 saturated carbocycles. The molecule has 4 rings (SSSR count). The van der Waals surface area contributed by atoms with Crippen LogP contribution in [0.2, 0.25) is 0 Å². The number of fused-ring (bicyclic) bond motifs is 5. The topological polar surface area (TPSA) is 20.2 Å². The summed E-state index contributed by atoms with van der Waals surface area (Å²) in [6.45, 7) is 0. The Morgan fingerprint density at radius 1 is 0.895 bits per heavy atom. The monoisotopic (exact) mass is 248 g/mol. The Morgan fingerprint density at radius 2 is 1.79 bits per heavy atom. The highest BCUT2D eigenvalue weighted by Gasteiger charge is 2.17. The lowest BCUT2D eigenvalue weighted by Gasteiger charge is -2.20. The second-order valence-electron chi connectivity index (χ2n) is 5.39. The van der Waals surface area contributed by atoms with Crippen LogP contribution in [-0.4, -0.2) is 5.11 Å². The summed E-state index contributed by atoms with van der Waals surface area (Å²) in [6.07, 6.45) is 7.11. The van der Waals surface area contributed by atoms with Crippen LogP contribution in [0.5, 0.6) is 0 Å². The molecule has 0 radical (unpaired) electrons. The van der Waals surface area contributed by atoms with Crippen molar-refractivity contribution in [3.8, 4) is 11.1 Å². The summed E-state index contributed by atoms with van der Waals surface area (Å²) in [5, 5.41) is 12.7. The van der Waals surface area contributed by atoms with Crippen molar-refractivity contribution in [3.05, 3.63) is 58.0 Å². The van der Waals surface area contributed by atoms with Crippen LogP contribution in [0.1, 0.15) is 30.1 Å². The highest BCUT2D eigenvalue weighted by Crippen LogP contribution is 2.26. The fraction of sp³-hybridized carbons (Fsp3) is 0.222. The van der Waals surface area contributed by atoms with Crippen molar-refractivity contribution in [2.75, 3.05) is 0 Å². The molecule has 2 aliphatic carbocycles. The molecule has 1 unspecified atom stereocenters. The first-order valence-corrected chi connectivity index (χ1v) is 6.94. The van der Waals surface area contributed by atoms with Crippen LogP contribution in [0.15, 0.2) is 36.4 Å². The van der Waals surface area contributed by atoms with Gasteiger partial charge in [-0.25, -0.2) is 0 Å². The molecular weight excluding hydrogens is 232 g/mol. The van der Waals surface area contributed by atoms with Gasteiger partial charge in [0.2, 0.25) is 0 Å². The Labute approximate surface area is 112 Å². The second-order valence-corrected chi connectivity index (χ2v) is 5.39. The first kappa shape index (κ1) is 11.0. The Hall–Kier alpha value is -1.86. The van der Waals surface area contributed by atoms with Gasteiger partial charge in [0.1, 0.15) is 0 Å². The quantitative estimate of drug-likeness (QED) is 0.758. The minimum Gasteiger partial charge on any atom is -0.388 e. The number of aliphatic hydroxyl groups is 1. The molecule has 94 valence electrons. The molecular formula is C18H16O. The van der Waals surface area contributed by atoms with E-state index in [2.05, 4.69) is 48.6 Å². The summed E-state index contributed by atoms with van der Waals surface area (Å²) in [5.74, 6) is 0. The molecule has 2 aromatic rings. The zero-order valence-electron chi connectivity index (χ0n) is 10.8. The fourth-order valence-electron chi connectivity index (χ4n) is 3.34. The van der Waals surface area contributed by atoms with Crippen LogP contribution < -0.4 is 10.4 Å². The van der Waals surface area contributed by atoms with Crippen molar-refractivity contribution in [1.29, 1.82) is 0 Å². The van der Waals surface area contributed by atoms with Gasteiger partial charge in [0.25, 0.3) is 0 Å². The molecule has 0 amide bonds. The van der Waals surface area contributed by atoms with E-state index < -0.39 is 0 Å². The maximum atomic E-state index is 10.1. The lowest BCUT2D eigenvalue weighted by molar-refractivity contribution is 0.166. The van der Waals surface area contributed by atoms with Gasteiger partial charge in [0.05, 0.1) is 6.10 Å². The third kappa shape index (κ3) is 1.58. The predicted octanol–water partition coefficient (Wildman–Crippen LogP) is 2.30. The van der Waals surface area contributed by atoms with Crippen molar-refractivity contribution >= 4 is 12.2 Å². The second kappa shape index (κ2) is 4.07. The highest BCUT2D eigenvalue weighted by atomic mass is 16.3. The van der Waals surface area contributed by atoms with E-state index in [4.69, 9.17) is 0 Å². The molecule has 0 spiro atoms. The molecule has 0 aromatic heterocycles. The molecule has 1 heteroatoms. The average molecular weight is 248 g/mol. The molecule has 1 atom stereocenters. The molecule has 0 bridgehead atoms. The largest absolute Gasteiger partial charge is 0.388 e. The summed E-state index contributed by atoms with van der Waals surface area (Å²) in [6, 6.07) is 12.9. The van der Waals surface area contributed by atoms with Crippen molar-refractivity contribution < 1.29 is 5.11 Å². The zero-order valence-corrected chi connectivity index (χ0v) is 10.8. The molecule has 0 saturated heterocycles. The van der Waals surface area contributed by atoms with E-state index in [1.807, 2.05) is 0 Å². The number of benzene rings is 2. The zero-order chi connectivity index (χ0) is 12.8. The van der Waals surface area contributed by atoms with Gasteiger partial charge in [-0.2, -0.15) is 0 Å². The lowest BCUT2D eigenvalue weighted by Crippen LogP contribution is -2.35. The maximum Gasteiger partial charge on any atom is 0.0798 e. The molecule has 1 nitrogen and oxygen atoms in total. The Morgan fingerprint density at radius 3 is 2.74 bits per heavy atom. The summed E-state index contributed by atoms with van der Waals surface area (Å²) >= 11 is 0. The molecule has 2 aromatic carbocycles. The molecule has 0 aliphatic heterocycles. The molecule has 2 aliphatic rings. The summed E-state index contributed by atoms with van der Waals surface area (Å²) < 4.78 is 0. The first-order chi connectivity index (χ1) is 9.34. The van der Waals surface area contributed by atoms with E-state index in [9.17, 15) is 5.11 Å². The van der Waals surface area contributed by atoms with Crippen LogP contribution in [0.3, 0.4) is 0 Å². The van der Waals surface area contributed by atoms with Crippen molar-refractivity contribution in [3.63, 3.8) is 0 Å². The minimum atomic E-state index is -0.295. The number of hydrogen-bond acceptors (Lipinski definition) is 1. The van der Waals surface area contributed by atoms with Crippen molar-refractivity contribution in [2.45, 2.75) is 25.4 Å². The average Bonchev–Trinajstić information content (AvgIpc) is 2.47. The van der Waals surface area contributed by atoms with Gasteiger partial charge >= 0.3 is 0 Å². The number of hydrogen-bond donors (Lipinski definition) is 1. The van der Waals surface area contributed by atoms with Gasteiger partial charge in [-0.05, 0) is 52.0 Å². The van der Waals surface area contributed by atoms with Gasteiger partial charge < -0.3 is 5.11 Å². The third-order valence-electron chi connectivity index (χ3n) is 4.30. The van der Waals surface area contributed by atoms with Gasteiger partial charge in [0.15, 0.2) is 0 Å². The lowest BCUT2D eigenvalue weighted by atomic mass is 9.86. The van der Waals surface area contributed by atoms with E-state index in [1.165, 1.54) is 27.1 Å². The van der Waals surface area contributed by atoms with E-state index in [0.29, 0.717) is 0 Å². The Bertz CT molecular complexity index is 771. The molecule has 0 fully saturated rings. The van der Waals surface area contributed by atoms with Crippen molar-refractivity contribution in [2.24, 2.45) is 0 Å². The summed E-state index contributed by atoms with van der Waals surface area (Å²) in [7, 11) is 0. The molecule has 19 heavy (non-hydrogen) atoms. The standard InChI is InChI=1S/C18H16O/c19-18-7-3-6-14-16-9-8-12-4-1-2-5-13(12)15(16)10-11-17(14)18/h1-2,4-6,9-11,18-19H,3,7-8H2. The summed E-state index contributed by atoms with van der Waals surface area (Å²) in [4.78, 5) is 0.